The lowest BCUT2D eigenvalue weighted by atomic mass is 10.1. The maximum absolute atomic E-state index is 11.5. The van der Waals surface area contributed by atoms with Gasteiger partial charge in [-0.2, -0.15) is 0 Å². The molecule has 0 atom stereocenters. The summed E-state index contributed by atoms with van der Waals surface area (Å²) in [7, 11) is 0. The van der Waals surface area contributed by atoms with Gasteiger partial charge in [-0.3, -0.25) is 10.1 Å². The summed E-state index contributed by atoms with van der Waals surface area (Å²) in [5, 5.41) is 14.3. The van der Waals surface area contributed by atoms with E-state index in [-0.39, 0.29) is 30.2 Å². The second-order valence-corrected chi connectivity index (χ2v) is 3.71. The molecule has 3 N–H and O–H groups in total. The predicted octanol–water partition coefficient (Wildman–Crippen LogP) is 0.855. The SMILES string of the molecule is C#CCNCC(=O)Nc1ccc(C)cc1C(=O)O. The zero-order chi connectivity index (χ0) is 13.5. The van der Waals surface area contributed by atoms with Crippen LogP contribution in [-0.4, -0.2) is 30.1 Å². The summed E-state index contributed by atoms with van der Waals surface area (Å²) < 4.78 is 0. The number of carbonyl (C=O) groups excluding carboxylic acids is 1. The molecule has 0 radical (unpaired) electrons. The van der Waals surface area contributed by atoms with Crippen molar-refractivity contribution in [1.82, 2.24) is 5.32 Å². The van der Waals surface area contributed by atoms with Gasteiger partial charge in [-0.05, 0) is 19.1 Å². The highest BCUT2D eigenvalue weighted by atomic mass is 16.4. The van der Waals surface area contributed by atoms with Crippen molar-refractivity contribution < 1.29 is 14.7 Å². The van der Waals surface area contributed by atoms with Crippen molar-refractivity contribution in [3.05, 3.63) is 29.3 Å². The van der Waals surface area contributed by atoms with Crippen LogP contribution in [0, 0.1) is 19.3 Å². The number of hydrogen-bond acceptors (Lipinski definition) is 3. The number of carbonyl (C=O) groups is 2. The molecule has 0 saturated carbocycles. The second-order valence-electron chi connectivity index (χ2n) is 3.71. The molecule has 18 heavy (non-hydrogen) atoms. The van der Waals surface area contributed by atoms with E-state index in [1.54, 1.807) is 19.1 Å². The van der Waals surface area contributed by atoms with E-state index in [0.29, 0.717) is 0 Å². The quantitative estimate of drug-likeness (QED) is 0.531. The second kappa shape index (κ2) is 6.42. The summed E-state index contributed by atoms with van der Waals surface area (Å²) in [6, 6.07) is 4.81. The Kier molecular flexibility index (Phi) is 4.90. The molecule has 1 aromatic rings. The van der Waals surface area contributed by atoms with Crippen molar-refractivity contribution in [2.24, 2.45) is 0 Å². The van der Waals surface area contributed by atoms with Crippen LogP contribution in [0.5, 0.6) is 0 Å². The molecular formula is C13H14N2O3. The maximum Gasteiger partial charge on any atom is 0.337 e. The molecule has 0 aliphatic rings. The van der Waals surface area contributed by atoms with Crippen molar-refractivity contribution in [3.8, 4) is 12.3 Å². The Hall–Kier alpha value is -2.32. The van der Waals surface area contributed by atoms with Gasteiger partial charge in [-0.15, -0.1) is 6.42 Å². The van der Waals surface area contributed by atoms with Crippen molar-refractivity contribution in [3.63, 3.8) is 0 Å². The Balaban J connectivity index is 2.75. The van der Waals surface area contributed by atoms with Crippen LogP contribution in [0.2, 0.25) is 0 Å². The molecule has 1 amide bonds. The number of nitrogens with one attached hydrogen (secondary N) is 2. The number of hydrogen-bond donors (Lipinski definition) is 3. The average Bonchev–Trinajstić information content (AvgIpc) is 2.31. The van der Waals surface area contributed by atoms with Crippen LogP contribution in [-0.2, 0) is 4.79 Å². The van der Waals surface area contributed by atoms with E-state index in [1.807, 2.05) is 0 Å². The van der Waals surface area contributed by atoms with E-state index in [2.05, 4.69) is 16.6 Å². The number of amides is 1. The molecule has 0 spiro atoms. The molecule has 0 fully saturated rings. The van der Waals surface area contributed by atoms with Crippen LogP contribution in [0.25, 0.3) is 0 Å². The van der Waals surface area contributed by atoms with Crippen LogP contribution in [0.4, 0.5) is 5.69 Å². The average molecular weight is 246 g/mol. The number of rotatable bonds is 5. The van der Waals surface area contributed by atoms with Gasteiger partial charge in [0.2, 0.25) is 5.91 Å². The molecule has 1 aromatic carbocycles. The van der Waals surface area contributed by atoms with E-state index >= 15 is 0 Å². The number of aromatic carboxylic acids is 1. The highest BCUT2D eigenvalue weighted by Gasteiger charge is 2.12. The largest absolute Gasteiger partial charge is 0.478 e. The molecule has 0 aromatic heterocycles. The Morgan fingerprint density at radius 3 is 2.78 bits per heavy atom. The normalized spacial score (nSPS) is 9.56. The number of carboxylic acids is 1. The summed E-state index contributed by atoms with van der Waals surface area (Å²) in [5.41, 5.74) is 1.16. The molecular weight excluding hydrogens is 232 g/mol. The van der Waals surface area contributed by atoms with Crippen molar-refractivity contribution in [2.45, 2.75) is 6.92 Å². The molecule has 0 heterocycles. The fraction of sp³-hybridized carbons (Fsp3) is 0.231. The third-order valence-corrected chi connectivity index (χ3v) is 2.19. The number of terminal acetylenes is 1. The smallest absolute Gasteiger partial charge is 0.337 e. The van der Waals surface area contributed by atoms with Crippen LogP contribution < -0.4 is 10.6 Å². The summed E-state index contributed by atoms with van der Waals surface area (Å²) in [6.07, 6.45) is 5.03. The fourth-order valence-corrected chi connectivity index (χ4v) is 1.39. The third kappa shape index (κ3) is 3.92. The predicted molar refractivity (Wildman–Crippen MR) is 68.5 cm³/mol. The van der Waals surface area contributed by atoms with Gasteiger partial charge >= 0.3 is 5.97 Å². The Bertz CT molecular complexity index is 503. The zero-order valence-electron chi connectivity index (χ0n) is 9.99. The number of benzene rings is 1. The van der Waals surface area contributed by atoms with Crippen LogP contribution in [0.15, 0.2) is 18.2 Å². The van der Waals surface area contributed by atoms with Gasteiger partial charge in [0.15, 0.2) is 0 Å². The monoisotopic (exact) mass is 246 g/mol. The van der Waals surface area contributed by atoms with E-state index < -0.39 is 5.97 Å². The first-order chi connectivity index (χ1) is 8.54. The minimum Gasteiger partial charge on any atom is -0.478 e. The van der Waals surface area contributed by atoms with Crippen molar-refractivity contribution in [1.29, 1.82) is 0 Å². The molecule has 1 rings (SSSR count). The van der Waals surface area contributed by atoms with Gasteiger partial charge < -0.3 is 10.4 Å². The standard InChI is InChI=1S/C13H14N2O3/c1-3-6-14-8-12(16)15-11-5-4-9(2)7-10(11)13(17)18/h1,4-5,7,14H,6,8H2,2H3,(H,15,16)(H,17,18). The topological polar surface area (TPSA) is 78.4 Å². The van der Waals surface area contributed by atoms with Crippen molar-refractivity contribution >= 4 is 17.6 Å². The lowest BCUT2D eigenvalue weighted by molar-refractivity contribution is -0.115. The Morgan fingerprint density at radius 1 is 1.44 bits per heavy atom. The van der Waals surface area contributed by atoms with Crippen molar-refractivity contribution in [2.75, 3.05) is 18.4 Å². The molecule has 0 unspecified atom stereocenters. The highest BCUT2D eigenvalue weighted by molar-refractivity contribution is 6.01. The van der Waals surface area contributed by atoms with E-state index in [9.17, 15) is 9.59 Å². The number of aryl methyl sites for hydroxylation is 1. The zero-order valence-corrected chi connectivity index (χ0v) is 9.99. The minimum atomic E-state index is -1.08. The molecule has 5 nitrogen and oxygen atoms in total. The Labute approximate surface area is 105 Å². The lowest BCUT2D eigenvalue weighted by Crippen LogP contribution is -2.28. The molecule has 0 aliphatic carbocycles. The summed E-state index contributed by atoms with van der Waals surface area (Å²) in [5.74, 6) is 0.924. The van der Waals surface area contributed by atoms with Crippen LogP contribution in [0.1, 0.15) is 15.9 Å². The first kappa shape index (κ1) is 13.7. The van der Waals surface area contributed by atoms with Gasteiger partial charge in [0.05, 0.1) is 24.3 Å². The fourth-order valence-electron chi connectivity index (χ4n) is 1.39. The highest BCUT2D eigenvalue weighted by Crippen LogP contribution is 2.17. The van der Waals surface area contributed by atoms with Gasteiger partial charge in [-0.25, -0.2) is 4.79 Å². The van der Waals surface area contributed by atoms with Gasteiger partial charge in [0.25, 0.3) is 0 Å². The summed E-state index contributed by atoms with van der Waals surface area (Å²) >= 11 is 0. The molecule has 94 valence electrons. The van der Waals surface area contributed by atoms with E-state index in [4.69, 9.17) is 11.5 Å². The number of carboxylic acid groups (broad SMARTS) is 1. The van der Waals surface area contributed by atoms with Gasteiger partial charge in [0.1, 0.15) is 0 Å². The molecule has 0 aliphatic heterocycles. The van der Waals surface area contributed by atoms with Crippen LogP contribution >= 0.6 is 0 Å². The summed E-state index contributed by atoms with van der Waals surface area (Å²) in [4.78, 5) is 22.5. The van der Waals surface area contributed by atoms with Crippen LogP contribution in [0.3, 0.4) is 0 Å². The lowest BCUT2D eigenvalue weighted by Gasteiger charge is -2.09. The maximum atomic E-state index is 11.5. The molecule has 0 saturated heterocycles. The Morgan fingerprint density at radius 2 is 2.17 bits per heavy atom. The van der Waals surface area contributed by atoms with E-state index in [1.165, 1.54) is 6.07 Å². The number of anilines is 1. The van der Waals surface area contributed by atoms with Gasteiger partial charge in [0, 0.05) is 0 Å². The first-order valence-corrected chi connectivity index (χ1v) is 5.32. The molecule has 5 heteroatoms. The summed E-state index contributed by atoms with van der Waals surface area (Å²) in [6.45, 7) is 2.11. The minimum absolute atomic E-state index is 0.0388. The molecule has 0 bridgehead atoms. The first-order valence-electron chi connectivity index (χ1n) is 5.32. The van der Waals surface area contributed by atoms with Gasteiger partial charge in [-0.1, -0.05) is 17.6 Å². The van der Waals surface area contributed by atoms with E-state index in [0.717, 1.165) is 5.56 Å². The third-order valence-electron chi connectivity index (χ3n) is 2.19.